The smallest absolute Gasteiger partial charge is 0.0529 e. The highest BCUT2D eigenvalue weighted by atomic mass is 15.2. The maximum absolute atomic E-state index is 3.47. The zero-order valence-electron chi connectivity index (χ0n) is 11.4. The molecule has 1 N–H and O–H groups in total. The van der Waals surface area contributed by atoms with Gasteiger partial charge in [0.25, 0.3) is 0 Å². The van der Waals surface area contributed by atoms with Gasteiger partial charge in [0, 0.05) is 45.1 Å². The van der Waals surface area contributed by atoms with Gasteiger partial charge < -0.3 is 9.88 Å². The molecule has 2 fully saturated rings. The van der Waals surface area contributed by atoms with Crippen molar-refractivity contribution in [3.05, 3.63) is 24.0 Å². The fraction of sp³-hybridized carbons (Fsp3) is 0.733. The van der Waals surface area contributed by atoms with Gasteiger partial charge in [0.15, 0.2) is 0 Å². The number of hydrogen-bond acceptors (Lipinski definition) is 2. The van der Waals surface area contributed by atoms with Crippen LogP contribution in [0.15, 0.2) is 18.3 Å². The number of piperazine rings is 1. The van der Waals surface area contributed by atoms with Crippen molar-refractivity contribution in [3.63, 3.8) is 0 Å². The Kier molecular flexibility index (Phi) is 3.71. The van der Waals surface area contributed by atoms with Crippen LogP contribution in [0.25, 0.3) is 0 Å². The van der Waals surface area contributed by atoms with Crippen LogP contribution in [-0.2, 0) is 7.05 Å². The fourth-order valence-electron chi connectivity index (χ4n) is 3.74. The minimum Gasteiger partial charge on any atom is -0.353 e. The molecule has 0 spiro atoms. The zero-order chi connectivity index (χ0) is 12.4. The summed E-state index contributed by atoms with van der Waals surface area (Å²) in [4.78, 5) is 2.71. The van der Waals surface area contributed by atoms with E-state index in [1.54, 1.807) is 0 Å². The fourth-order valence-corrected chi connectivity index (χ4v) is 3.74. The van der Waals surface area contributed by atoms with Crippen LogP contribution in [-0.4, -0.2) is 35.6 Å². The molecule has 1 aliphatic heterocycles. The molecule has 0 bridgehead atoms. The van der Waals surface area contributed by atoms with Gasteiger partial charge in [-0.1, -0.05) is 12.8 Å². The monoisotopic (exact) mass is 247 g/mol. The standard InChI is InChI=1S/C15H25N3/c1-17-10-4-7-14(17)15(13-5-2-3-6-13)18-11-8-16-9-12-18/h4,7,10,13,15-16H,2-3,5-6,8-9,11-12H2,1H3/t15-/m0/s1. The molecule has 1 saturated carbocycles. The molecule has 0 amide bonds. The lowest BCUT2D eigenvalue weighted by atomic mass is 9.93. The van der Waals surface area contributed by atoms with E-state index in [4.69, 9.17) is 0 Å². The van der Waals surface area contributed by atoms with Crippen LogP contribution in [0.5, 0.6) is 0 Å². The van der Waals surface area contributed by atoms with Crippen molar-refractivity contribution >= 4 is 0 Å². The highest BCUT2D eigenvalue weighted by Crippen LogP contribution is 2.39. The van der Waals surface area contributed by atoms with Crippen molar-refractivity contribution in [1.82, 2.24) is 14.8 Å². The molecule has 0 unspecified atom stereocenters. The molecule has 0 radical (unpaired) electrons. The summed E-state index contributed by atoms with van der Waals surface area (Å²) < 4.78 is 2.32. The maximum atomic E-state index is 3.47. The second-order valence-electron chi connectivity index (χ2n) is 5.82. The second-order valence-corrected chi connectivity index (χ2v) is 5.82. The van der Waals surface area contributed by atoms with E-state index in [2.05, 4.69) is 40.2 Å². The van der Waals surface area contributed by atoms with Crippen LogP contribution < -0.4 is 5.32 Å². The van der Waals surface area contributed by atoms with E-state index in [1.165, 1.54) is 44.5 Å². The van der Waals surface area contributed by atoms with Crippen LogP contribution in [0, 0.1) is 5.92 Å². The molecule has 1 aromatic rings. The number of nitrogens with one attached hydrogen (secondary N) is 1. The molecular formula is C15H25N3. The first-order chi connectivity index (χ1) is 8.86. The summed E-state index contributed by atoms with van der Waals surface area (Å²) in [6.45, 7) is 4.69. The number of hydrogen-bond donors (Lipinski definition) is 1. The topological polar surface area (TPSA) is 20.2 Å². The molecule has 2 aliphatic rings. The van der Waals surface area contributed by atoms with Crippen LogP contribution >= 0.6 is 0 Å². The highest BCUT2D eigenvalue weighted by Gasteiger charge is 2.32. The number of nitrogens with zero attached hydrogens (tertiary/aromatic N) is 2. The van der Waals surface area contributed by atoms with Gasteiger partial charge in [-0.15, -0.1) is 0 Å². The van der Waals surface area contributed by atoms with Crippen LogP contribution in [0.1, 0.15) is 37.4 Å². The third-order valence-electron chi connectivity index (χ3n) is 4.68. The molecule has 1 atom stereocenters. The summed E-state index contributed by atoms with van der Waals surface area (Å²) in [5.74, 6) is 0.872. The van der Waals surface area contributed by atoms with E-state index in [0.29, 0.717) is 6.04 Å². The van der Waals surface area contributed by atoms with Crippen molar-refractivity contribution < 1.29 is 0 Å². The Hall–Kier alpha value is -0.800. The Morgan fingerprint density at radius 1 is 1.22 bits per heavy atom. The summed E-state index contributed by atoms with van der Waals surface area (Å²) in [6.07, 6.45) is 7.88. The predicted molar refractivity (Wildman–Crippen MR) is 74.6 cm³/mol. The maximum Gasteiger partial charge on any atom is 0.0529 e. The van der Waals surface area contributed by atoms with Crippen LogP contribution in [0.3, 0.4) is 0 Å². The van der Waals surface area contributed by atoms with Gasteiger partial charge in [-0.2, -0.15) is 0 Å². The van der Waals surface area contributed by atoms with Gasteiger partial charge in [-0.25, -0.2) is 0 Å². The summed E-state index contributed by atoms with van der Waals surface area (Å²) >= 11 is 0. The van der Waals surface area contributed by atoms with Gasteiger partial charge >= 0.3 is 0 Å². The number of rotatable bonds is 3. The number of aromatic nitrogens is 1. The van der Waals surface area contributed by atoms with E-state index in [0.717, 1.165) is 19.0 Å². The normalized spacial score (nSPS) is 24.5. The lowest BCUT2D eigenvalue weighted by molar-refractivity contribution is 0.120. The molecule has 3 rings (SSSR count). The summed E-state index contributed by atoms with van der Waals surface area (Å²) in [5.41, 5.74) is 1.52. The van der Waals surface area contributed by atoms with Gasteiger partial charge in [0.2, 0.25) is 0 Å². The summed E-state index contributed by atoms with van der Waals surface area (Å²) in [5, 5.41) is 3.47. The first kappa shape index (κ1) is 12.2. The molecule has 3 nitrogen and oxygen atoms in total. The lowest BCUT2D eigenvalue weighted by Crippen LogP contribution is -2.47. The Balaban J connectivity index is 1.85. The van der Waals surface area contributed by atoms with Gasteiger partial charge in [0.1, 0.15) is 0 Å². The molecule has 1 saturated heterocycles. The molecule has 3 heteroatoms. The van der Waals surface area contributed by atoms with Crippen molar-refractivity contribution in [2.45, 2.75) is 31.7 Å². The van der Waals surface area contributed by atoms with E-state index in [1.807, 2.05) is 0 Å². The Labute approximate surface area is 110 Å². The van der Waals surface area contributed by atoms with E-state index < -0.39 is 0 Å². The van der Waals surface area contributed by atoms with Crippen molar-refractivity contribution in [3.8, 4) is 0 Å². The quantitative estimate of drug-likeness (QED) is 0.883. The van der Waals surface area contributed by atoms with Crippen LogP contribution in [0.4, 0.5) is 0 Å². The highest BCUT2D eigenvalue weighted by molar-refractivity contribution is 5.14. The largest absolute Gasteiger partial charge is 0.353 e. The molecule has 1 aromatic heterocycles. The Morgan fingerprint density at radius 2 is 1.94 bits per heavy atom. The van der Waals surface area contributed by atoms with E-state index in [9.17, 15) is 0 Å². The summed E-state index contributed by atoms with van der Waals surface area (Å²) in [7, 11) is 2.19. The molecule has 0 aromatic carbocycles. The van der Waals surface area contributed by atoms with Crippen molar-refractivity contribution in [2.24, 2.45) is 13.0 Å². The summed E-state index contributed by atoms with van der Waals surface area (Å²) in [6, 6.07) is 5.17. The SMILES string of the molecule is Cn1cccc1[C@H](C1CCCC1)N1CCNCC1. The average Bonchev–Trinajstić information content (AvgIpc) is 3.05. The minimum atomic E-state index is 0.648. The third-order valence-corrected chi connectivity index (χ3v) is 4.68. The predicted octanol–water partition coefficient (Wildman–Crippen LogP) is 2.16. The Bertz CT molecular complexity index is 373. The van der Waals surface area contributed by atoms with Gasteiger partial charge in [-0.3, -0.25) is 4.90 Å². The first-order valence-electron chi connectivity index (χ1n) is 7.42. The minimum absolute atomic E-state index is 0.648. The Morgan fingerprint density at radius 3 is 2.56 bits per heavy atom. The van der Waals surface area contributed by atoms with Gasteiger partial charge in [-0.05, 0) is 30.9 Å². The van der Waals surface area contributed by atoms with Gasteiger partial charge in [0.05, 0.1) is 6.04 Å². The van der Waals surface area contributed by atoms with Crippen molar-refractivity contribution in [2.75, 3.05) is 26.2 Å². The third kappa shape index (κ3) is 2.34. The average molecular weight is 247 g/mol. The molecule has 18 heavy (non-hydrogen) atoms. The molecular weight excluding hydrogens is 222 g/mol. The number of aryl methyl sites for hydroxylation is 1. The molecule has 1 aliphatic carbocycles. The zero-order valence-corrected chi connectivity index (χ0v) is 11.4. The van der Waals surface area contributed by atoms with Crippen molar-refractivity contribution in [1.29, 1.82) is 0 Å². The molecule has 2 heterocycles. The van der Waals surface area contributed by atoms with Crippen LogP contribution in [0.2, 0.25) is 0 Å². The molecule has 100 valence electrons. The van der Waals surface area contributed by atoms with E-state index in [-0.39, 0.29) is 0 Å². The lowest BCUT2D eigenvalue weighted by Gasteiger charge is -2.38. The van der Waals surface area contributed by atoms with E-state index >= 15 is 0 Å². The first-order valence-corrected chi connectivity index (χ1v) is 7.42. The second kappa shape index (κ2) is 5.45.